The Labute approximate surface area is 73.2 Å². The van der Waals surface area contributed by atoms with Gasteiger partial charge in [-0.1, -0.05) is 6.58 Å². The molecule has 2 N–H and O–H groups in total. The summed E-state index contributed by atoms with van der Waals surface area (Å²) in [6.07, 6.45) is 3.51. The molecule has 1 aliphatic rings. The van der Waals surface area contributed by atoms with E-state index in [1.165, 1.54) is 6.42 Å². The van der Waals surface area contributed by atoms with E-state index in [0.717, 1.165) is 19.4 Å². The number of primary amides is 1. The highest BCUT2D eigenvalue weighted by atomic mass is 16.1. The molecule has 1 saturated heterocycles. The number of carbonyl (C=O) groups is 1. The van der Waals surface area contributed by atoms with Crippen LogP contribution in [0.3, 0.4) is 0 Å². The van der Waals surface area contributed by atoms with E-state index in [9.17, 15) is 4.79 Å². The SMILES string of the molecule is C=C(C(N)=O)N1CCCCC1C. The number of hydrogen-bond acceptors (Lipinski definition) is 2. The van der Waals surface area contributed by atoms with Crippen LogP contribution in [0.4, 0.5) is 0 Å². The Morgan fingerprint density at radius 1 is 1.58 bits per heavy atom. The molecule has 1 amide bonds. The number of hydrogen-bond donors (Lipinski definition) is 1. The van der Waals surface area contributed by atoms with Crippen molar-refractivity contribution in [2.24, 2.45) is 5.73 Å². The highest BCUT2D eigenvalue weighted by molar-refractivity contribution is 5.90. The summed E-state index contributed by atoms with van der Waals surface area (Å²) < 4.78 is 0. The lowest BCUT2D eigenvalue weighted by Crippen LogP contribution is -2.40. The predicted molar refractivity (Wildman–Crippen MR) is 48.4 cm³/mol. The van der Waals surface area contributed by atoms with Gasteiger partial charge in [0.25, 0.3) is 5.91 Å². The molecular weight excluding hydrogens is 152 g/mol. The molecule has 12 heavy (non-hydrogen) atoms. The second-order valence-electron chi connectivity index (χ2n) is 3.35. The number of nitrogens with zero attached hydrogens (tertiary/aromatic N) is 1. The van der Waals surface area contributed by atoms with Gasteiger partial charge >= 0.3 is 0 Å². The molecule has 1 rings (SSSR count). The van der Waals surface area contributed by atoms with Crippen LogP contribution in [0.2, 0.25) is 0 Å². The molecule has 0 aromatic carbocycles. The molecule has 0 aromatic rings. The molecule has 3 heteroatoms. The molecule has 68 valence electrons. The van der Waals surface area contributed by atoms with E-state index in [1.807, 2.05) is 4.90 Å². The van der Waals surface area contributed by atoms with Crippen LogP contribution in [-0.2, 0) is 4.79 Å². The van der Waals surface area contributed by atoms with E-state index in [0.29, 0.717) is 11.7 Å². The molecular formula is C9H16N2O. The molecule has 0 aromatic heterocycles. The van der Waals surface area contributed by atoms with E-state index in [1.54, 1.807) is 0 Å². The van der Waals surface area contributed by atoms with E-state index in [4.69, 9.17) is 5.73 Å². The first-order valence-electron chi connectivity index (χ1n) is 4.38. The van der Waals surface area contributed by atoms with Crippen molar-refractivity contribution in [2.75, 3.05) is 6.54 Å². The number of amides is 1. The summed E-state index contributed by atoms with van der Waals surface area (Å²) in [5.74, 6) is -0.399. The van der Waals surface area contributed by atoms with Gasteiger partial charge in [0.05, 0.1) is 5.70 Å². The average Bonchev–Trinajstić information content (AvgIpc) is 2.04. The van der Waals surface area contributed by atoms with Gasteiger partial charge in [-0.2, -0.15) is 0 Å². The zero-order chi connectivity index (χ0) is 9.14. The second kappa shape index (κ2) is 3.61. The third-order valence-electron chi connectivity index (χ3n) is 2.43. The van der Waals surface area contributed by atoms with E-state index in [2.05, 4.69) is 13.5 Å². The minimum atomic E-state index is -0.399. The molecule has 3 nitrogen and oxygen atoms in total. The van der Waals surface area contributed by atoms with Gasteiger partial charge in [-0.05, 0) is 26.2 Å². The summed E-state index contributed by atoms with van der Waals surface area (Å²) in [6, 6.07) is 0.416. The molecule has 0 spiro atoms. The van der Waals surface area contributed by atoms with E-state index >= 15 is 0 Å². The lowest BCUT2D eigenvalue weighted by Gasteiger charge is -2.35. The highest BCUT2D eigenvalue weighted by Crippen LogP contribution is 2.19. The van der Waals surface area contributed by atoms with Crippen LogP contribution < -0.4 is 5.73 Å². The first-order valence-corrected chi connectivity index (χ1v) is 4.38. The largest absolute Gasteiger partial charge is 0.365 e. The Kier molecular flexibility index (Phi) is 2.74. The van der Waals surface area contributed by atoms with Crippen molar-refractivity contribution in [3.63, 3.8) is 0 Å². The van der Waals surface area contributed by atoms with Crippen molar-refractivity contribution >= 4 is 5.91 Å². The first kappa shape index (κ1) is 9.10. The Hall–Kier alpha value is -0.990. The normalized spacial score (nSPS) is 23.8. The standard InChI is InChI=1S/C9H16N2O/c1-7-5-3-4-6-11(7)8(2)9(10)12/h7H,2-6H2,1H3,(H2,10,12). The molecule has 1 aliphatic heterocycles. The van der Waals surface area contributed by atoms with Gasteiger partial charge < -0.3 is 10.6 Å². The zero-order valence-corrected chi connectivity index (χ0v) is 7.55. The average molecular weight is 168 g/mol. The Morgan fingerprint density at radius 3 is 2.75 bits per heavy atom. The summed E-state index contributed by atoms with van der Waals surface area (Å²) in [6.45, 7) is 6.70. The molecule has 0 radical (unpaired) electrons. The van der Waals surface area contributed by atoms with Gasteiger partial charge in [-0.25, -0.2) is 0 Å². The maximum Gasteiger partial charge on any atom is 0.264 e. The summed E-state index contributed by atoms with van der Waals surface area (Å²) in [7, 11) is 0. The summed E-state index contributed by atoms with van der Waals surface area (Å²) in [4.78, 5) is 12.8. The number of nitrogens with two attached hydrogens (primary N) is 1. The summed E-state index contributed by atoms with van der Waals surface area (Å²) >= 11 is 0. The molecule has 0 saturated carbocycles. The minimum absolute atomic E-state index is 0.399. The monoisotopic (exact) mass is 168 g/mol. The predicted octanol–water partition coefficient (Wildman–Crippen LogP) is 0.860. The van der Waals surface area contributed by atoms with Crippen LogP contribution in [0.25, 0.3) is 0 Å². The van der Waals surface area contributed by atoms with E-state index < -0.39 is 5.91 Å². The third kappa shape index (κ3) is 1.78. The van der Waals surface area contributed by atoms with Gasteiger partial charge in [0.15, 0.2) is 0 Å². The quantitative estimate of drug-likeness (QED) is 0.622. The number of rotatable bonds is 2. The third-order valence-corrected chi connectivity index (χ3v) is 2.43. The lowest BCUT2D eigenvalue weighted by atomic mass is 10.0. The zero-order valence-electron chi connectivity index (χ0n) is 7.55. The fourth-order valence-electron chi connectivity index (χ4n) is 1.64. The van der Waals surface area contributed by atoms with Gasteiger partial charge in [-0.15, -0.1) is 0 Å². The molecule has 1 unspecified atom stereocenters. The molecule has 0 bridgehead atoms. The Bertz CT molecular complexity index is 201. The van der Waals surface area contributed by atoms with Crippen LogP contribution in [0.15, 0.2) is 12.3 Å². The smallest absolute Gasteiger partial charge is 0.264 e. The van der Waals surface area contributed by atoms with Crippen molar-refractivity contribution in [1.82, 2.24) is 4.90 Å². The number of likely N-dealkylation sites (tertiary alicyclic amines) is 1. The Morgan fingerprint density at radius 2 is 2.25 bits per heavy atom. The van der Waals surface area contributed by atoms with Crippen LogP contribution in [0.5, 0.6) is 0 Å². The van der Waals surface area contributed by atoms with Crippen LogP contribution in [-0.4, -0.2) is 23.4 Å². The number of piperidine rings is 1. The van der Waals surface area contributed by atoms with Crippen molar-refractivity contribution in [3.05, 3.63) is 12.3 Å². The maximum absolute atomic E-state index is 10.8. The Balaban J connectivity index is 2.59. The van der Waals surface area contributed by atoms with Crippen LogP contribution >= 0.6 is 0 Å². The van der Waals surface area contributed by atoms with Crippen LogP contribution in [0, 0.1) is 0 Å². The van der Waals surface area contributed by atoms with Gasteiger partial charge in [0, 0.05) is 12.6 Å². The summed E-state index contributed by atoms with van der Waals surface area (Å²) in [5, 5.41) is 0. The molecule has 0 aliphatic carbocycles. The highest BCUT2D eigenvalue weighted by Gasteiger charge is 2.21. The fraction of sp³-hybridized carbons (Fsp3) is 0.667. The van der Waals surface area contributed by atoms with Gasteiger partial charge in [0.1, 0.15) is 0 Å². The molecule has 1 fully saturated rings. The fourth-order valence-corrected chi connectivity index (χ4v) is 1.64. The van der Waals surface area contributed by atoms with Crippen molar-refractivity contribution in [2.45, 2.75) is 32.2 Å². The van der Waals surface area contributed by atoms with Crippen molar-refractivity contribution in [3.8, 4) is 0 Å². The summed E-state index contributed by atoms with van der Waals surface area (Å²) in [5.41, 5.74) is 5.61. The van der Waals surface area contributed by atoms with Crippen LogP contribution in [0.1, 0.15) is 26.2 Å². The van der Waals surface area contributed by atoms with Gasteiger partial charge in [-0.3, -0.25) is 4.79 Å². The van der Waals surface area contributed by atoms with E-state index in [-0.39, 0.29) is 0 Å². The van der Waals surface area contributed by atoms with Crippen molar-refractivity contribution < 1.29 is 4.79 Å². The van der Waals surface area contributed by atoms with Crippen molar-refractivity contribution in [1.29, 1.82) is 0 Å². The molecule has 1 heterocycles. The minimum Gasteiger partial charge on any atom is -0.365 e. The maximum atomic E-state index is 10.8. The topological polar surface area (TPSA) is 46.3 Å². The molecule has 1 atom stereocenters. The van der Waals surface area contributed by atoms with Gasteiger partial charge in [0.2, 0.25) is 0 Å². The lowest BCUT2D eigenvalue weighted by molar-refractivity contribution is -0.116. The first-order chi connectivity index (χ1) is 5.63. The second-order valence-corrected chi connectivity index (χ2v) is 3.35. The number of carbonyl (C=O) groups excluding carboxylic acids is 1.